The molecule has 0 unspecified atom stereocenters. The highest BCUT2D eigenvalue weighted by Crippen LogP contribution is 2.32. The van der Waals surface area contributed by atoms with Gasteiger partial charge in [-0.3, -0.25) is 4.79 Å². The number of nitrogens with one attached hydrogen (secondary N) is 1. The number of aromatic nitrogens is 2. The summed E-state index contributed by atoms with van der Waals surface area (Å²) in [5, 5.41) is 16.0. The van der Waals surface area contributed by atoms with Crippen LogP contribution in [0.15, 0.2) is 22.9 Å². The molecule has 0 saturated heterocycles. The Kier molecular flexibility index (Phi) is 6.92. The summed E-state index contributed by atoms with van der Waals surface area (Å²) in [6.45, 7) is 2.47. The molecule has 0 bridgehead atoms. The topological polar surface area (TPSA) is 124 Å². The van der Waals surface area contributed by atoms with E-state index < -0.39 is 12.1 Å². The van der Waals surface area contributed by atoms with Gasteiger partial charge in [-0.15, -0.1) is 0 Å². The van der Waals surface area contributed by atoms with E-state index in [1.54, 1.807) is 18.3 Å². The minimum absolute atomic E-state index is 0.129. The number of ether oxygens (including phenoxy) is 2. The third-order valence-corrected chi connectivity index (χ3v) is 6.10. The largest absolute Gasteiger partial charge is 0.489 e. The number of aryl methyl sites for hydroxylation is 1. The van der Waals surface area contributed by atoms with Crippen molar-refractivity contribution in [1.82, 2.24) is 15.5 Å². The van der Waals surface area contributed by atoms with E-state index in [0.29, 0.717) is 48.3 Å². The molecule has 0 spiro atoms. The molecule has 0 aliphatic heterocycles. The zero-order valence-corrected chi connectivity index (χ0v) is 18.2. The maximum Gasteiger partial charge on any atom is 0.407 e. The Morgan fingerprint density at radius 1 is 1.25 bits per heavy atom. The van der Waals surface area contributed by atoms with Crippen molar-refractivity contribution >= 4 is 12.1 Å². The number of carboxylic acid groups (broad SMARTS) is 1. The summed E-state index contributed by atoms with van der Waals surface area (Å²) in [7, 11) is 0. The standard InChI is InChI=1S/C23H29N3O6/c1-14-19(13-25-23(29)30-10-9-15-5-6-15)21(32-26-14)20-8-7-18(12-24-20)31-17-4-2-3-16(11-17)22(27)28/h7-8,12,15-17H,2-6,9-11,13H2,1H3,(H,25,29)(H,27,28)/t16-,17-/m0/s1. The van der Waals surface area contributed by atoms with Gasteiger partial charge in [0.1, 0.15) is 11.4 Å². The first-order valence-corrected chi connectivity index (χ1v) is 11.2. The van der Waals surface area contributed by atoms with Gasteiger partial charge in [0, 0.05) is 5.56 Å². The fourth-order valence-corrected chi connectivity index (χ4v) is 3.99. The van der Waals surface area contributed by atoms with Crippen molar-refractivity contribution in [2.24, 2.45) is 11.8 Å². The number of carboxylic acids is 1. The van der Waals surface area contributed by atoms with Crippen molar-refractivity contribution in [3.8, 4) is 17.2 Å². The van der Waals surface area contributed by atoms with Crippen LogP contribution in [0.1, 0.15) is 56.2 Å². The Bertz CT molecular complexity index is 938. The van der Waals surface area contributed by atoms with Crippen molar-refractivity contribution in [2.45, 2.75) is 64.5 Å². The fraction of sp³-hybridized carbons (Fsp3) is 0.565. The summed E-state index contributed by atoms with van der Waals surface area (Å²) in [6, 6.07) is 3.55. The molecule has 2 atom stereocenters. The molecule has 0 radical (unpaired) electrons. The van der Waals surface area contributed by atoms with Crippen molar-refractivity contribution in [3.05, 3.63) is 29.6 Å². The summed E-state index contributed by atoms with van der Waals surface area (Å²) in [5.41, 5.74) is 1.98. The smallest absolute Gasteiger partial charge is 0.407 e. The van der Waals surface area contributed by atoms with Gasteiger partial charge in [-0.2, -0.15) is 0 Å². The van der Waals surface area contributed by atoms with Crippen molar-refractivity contribution in [3.63, 3.8) is 0 Å². The lowest BCUT2D eigenvalue weighted by Crippen LogP contribution is -2.29. The second-order valence-electron chi connectivity index (χ2n) is 8.62. The molecule has 172 valence electrons. The van der Waals surface area contributed by atoms with E-state index in [9.17, 15) is 14.7 Å². The summed E-state index contributed by atoms with van der Waals surface area (Å²) in [6.07, 6.45) is 7.26. The molecule has 2 aromatic heterocycles. The second kappa shape index (κ2) is 10.0. The van der Waals surface area contributed by atoms with E-state index in [4.69, 9.17) is 14.0 Å². The van der Waals surface area contributed by atoms with Crippen molar-refractivity contribution in [1.29, 1.82) is 0 Å². The van der Waals surface area contributed by atoms with Gasteiger partial charge in [0.25, 0.3) is 0 Å². The van der Waals surface area contributed by atoms with E-state index in [1.165, 1.54) is 12.8 Å². The third kappa shape index (κ3) is 5.77. The lowest BCUT2D eigenvalue weighted by atomic mass is 9.87. The predicted octanol–water partition coefficient (Wildman–Crippen LogP) is 4.09. The van der Waals surface area contributed by atoms with Gasteiger partial charge in [0.2, 0.25) is 0 Å². The summed E-state index contributed by atoms with van der Waals surface area (Å²) in [4.78, 5) is 27.6. The molecular formula is C23H29N3O6. The maximum atomic E-state index is 11.9. The number of nitrogens with zero attached hydrogens (tertiary/aromatic N) is 2. The molecule has 2 heterocycles. The first-order valence-electron chi connectivity index (χ1n) is 11.2. The van der Waals surface area contributed by atoms with Crippen LogP contribution in [0.25, 0.3) is 11.5 Å². The summed E-state index contributed by atoms with van der Waals surface area (Å²) < 4.78 is 16.6. The van der Waals surface area contributed by atoms with Crippen LogP contribution in [-0.4, -0.2) is 40.0 Å². The highest BCUT2D eigenvalue weighted by Gasteiger charge is 2.28. The molecule has 9 heteroatoms. The highest BCUT2D eigenvalue weighted by molar-refractivity contribution is 5.70. The fourth-order valence-electron chi connectivity index (χ4n) is 3.99. The molecule has 2 aliphatic rings. The van der Waals surface area contributed by atoms with Gasteiger partial charge < -0.3 is 24.4 Å². The van der Waals surface area contributed by atoms with Crippen molar-refractivity contribution in [2.75, 3.05) is 6.61 Å². The molecule has 2 saturated carbocycles. The lowest BCUT2D eigenvalue weighted by Gasteiger charge is -2.27. The van der Waals surface area contributed by atoms with Crippen LogP contribution in [0, 0.1) is 18.8 Å². The van der Waals surface area contributed by atoms with Crippen LogP contribution in [0.3, 0.4) is 0 Å². The molecule has 2 fully saturated rings. The van der Waals surface area contributed by atoms with E-state index in [-0.39, 0.29) is 18.6 Å². The van der Waals surface area contributed by atoms with Gasteiger partial charge in [-0.1, -0.05) is 18.0 Å². The molecule has 0 aromatic carbocycles. The molecular weight excluding hydrogens is 414 g/mol. The minimum Gasteiger partial charge on any atom is -0.489 e. The zero-order valence-electron chi connectivity index (χ0n) is 18.2. The van der Waals surface area contributed by atoms with Gasteiger partial charge in [-0.25, -0.2) is 9.78 Å². The Morgan fingerprint density at radius 2 is 2.09 bits per heavy atom. The van der Waals surface area contributed by atoms with Crippen LogP contribution in [0.4, 0.5) is 4.79 Å². The van der Waals surface area contributed by atoms with Crippen LogP contribution >= 0.6 is 0 Å². The summed E-state index contributed by atoms with van der Waals surface area (Å²) in [5.74, 6) is 0.661. The number of amides is 1. The number of rotatable bonds is 9. The number of pyridine rings is 1. The quantitative estimate of drug-likeness (QED) is 0.594. The highest BCUT2D eigenvalue weighted by atomic mass is 16.5. The third-order valence-electron chi connectivity index (χ3n) is 6.10. The average molecular weight is 444 g/mol. The van der Waals surface area contributed by atoms with Crippen LogP contribution in [0.2, 0.25) is 0 Å². The average Bonchev–Trinajstić information content (AvgIpc) is 3.54. The van der Waals surface area contributed by atoms with Gasteiger partial charge in [0.05, 0.1) is 37.1 Å². The monoisotopic (exact) mass is 443 g/mol. The number of carbonyl (C=O) groups excluding carboxylic acids is 1. The first-order chi connectivity index (χ1) is 15.5. The Hall–Kier alpha value is -3.10. The number of hydrogen-bond donors (Lipinski definition) is 2. The number of carbonyl (C=O) groups is 2. The van der Waals surface area contributed by atoms with Gasteiger partial charge >= 0.3 is 12.1 Å². The van der Waals surface area contributed by atoms with E-state index in [2.05, 4.69) is 15.5 Å². The first kappa shape index (κ1) is 22.1. The molecule has 9 nitrogen and oxygen atoms in total. The minimum atomic E-state index is -0.764. The van der Waals surface area contributed by atoms with E-state index in [0.717, 1.165) is 24.8 Å². The normalized spacial score (nSPS) is 20.5. The number of alkyl carbamates (subject to hydrolysis) is 1. The molecule has 1 amide bonds. The number of aliphatic carboxylic acids is 1. The summed E-state index contributed by atoms with van der Waals surface area (Å²) >= 11 is 0. The molecule has 4 rings (SSSR count). The van der Waals surface area contributed by atoms with E-state index in [1.807, 2.05) is 6.92 Å². The van der Waals surface area contributed by atoms with Crippen LogP contribution in [-0.2, 0) is 16.1 Å². The van der Waals surface area contributed by atoms with Crippen LogP contribution < -0.4 is 10.1 Å². The Balaban J connectivity index is 1.33. The SMILES string of the molecule is Cc1noc(-c2ccc(O[C@H]3CCC[C@H](C(=O)O)C3)cn2)c1CNC(=O)OCCC1CC1. The van der Waals surface area contributed by atoms with Gasteiger partial charge in [0.15, 0.2) is 5.76 Å². The molecule has 2 aliphatic carbocycles. The van der Waals surface area contributed by atoms with E-state index >= 15 is 0 Å². The Labute approximate surface area is 186 Å². The second-order valence-corrected chi connectivity index (χ2v) is 8.62. The molecule has 32 heavy (non-hydrogen) atoms. The maximum absolute atomic E-state index is 11.9. The van der Waals surface area contributed by atoms with Gasteiger partial charge in [-0.05, 0) is 57.1 Å². The molecule has 2 N–H and O–H groups in total. The number of hydrogen-bond acceptors (Lipinski definition) is 7. The Morgan fingerprint density at radius 3 is 2.81 bits per heavy atom. The van der Waals surface area contributed by atoms with Crippen LogP contribution in [0.5, 0.6) is 5.75 Å². The van der Waals surface area contributed by atoms with Crippen molar-refractivity contribution < 1.29 is 28.7 Å². The zero-order chi connectivity index (χ0) is 22.5. The predicted molar refractivity (Wildman–Crippen MR) is 114 cm³/mol. The molecule has 2 aromatic rings. The lowest BCUT2D eigenvalue weighted by molar-refractivity contribution is -0.143.